The molecule has 35 heavy (non-hydrogen) atoms. The average molecular weight is 497 g/mol. The number of nitrogens with one attached hydrogen (secondary N) is 4. The highest BCUT2D eigenvalue weighted by atomic mass is 19.4. The number of hydrogen-bond acceptors (Lipinski definition) is 6. The first kappa shape index (κ1) is 26.1. The number of benzene rings is 1. The van der Waals surface area contributed by atoms with Crippen LogP contribution in [-0.2, 0) is 6.42 Å². The molecule has 194 valence electrons. The molecular formula is C25H36F4N6. The summed E-state index contributed by atoms with van der Waals surface area (Å²) in [5.74, 6) is 0. The molecule has 3 aliphatic heterocycles. The van der Waals surface area contributed by atoms with Gasteiger partial charge in [-0.15, -0.1) is 0 Å². The smallest absolute Gasteiger partial charge is 0.379 e. The van der Waals surface area contributed by atoms with Crippen LogP contribution in [0.5, 0.6) is 0 Å². The molecule has 0 saturated carbocycles. The third kappa shape index (κ3) is 6.42. The third-order valence-electron chi connectivity index (χ3n) is 7.08. The molecule has 1 aromatic rings. The fraction of sp³-hybridized carbons (Fsp3) is 0.600. The van der Waals surface area contributed by atoms with Gasteiger partial charge in [0.25, 0.3) is 0 Å². The average Bonchev–Trinajstić information content (AvgIpc) is 3.22. The summed E-state index contributed by atoms with van der Waals surface area (Å²) < 4.78 is 55.7. The van der Waals surface area contributed by atoms with E-state index in [1.165, 1.54) is 0 Å². The number of piperidine rings is 1. The van der Waals surface area contributed by atoms with Crippen molar-refractivity contribution in [2.24, 2.45) is 0 Å². The van der Waals surface area contributed by atoms with Crippen molar-refractivity contribution in [3.05, 3.63) is 53.6 Å². The third-order valence-corrected chi connectivity index (χ3v) is 7.08. The molecule has 6 nitrogen and oxygen atoms in total. The minimum Gasteiger partial charge on any atom is -0.379 e. The molecule has 0 radical (unpaired) electrons. The van der Waals surface area contributed by atoms with E-state index < -0.39 is 24.0 Å². The van der Waals surface area contributed by atoms with Gasteiger partial charge in [0.2, 0.25) is 0 Å². The summed E-state index contributed by atoms with van der Waals surface area (Å²) in [5, 5.41) is 13.2. The second-order valence-electron chi connectivity index (χ2n) is 9.91. The van der Waals surface area contributed by atoms with Gasteiger partial charge in [-0.2, -0.15) is 13.2 Å². The van der Waals surface area contributed by atoms with Gasteiger partial charge in [0, 0.05) is 50.2 Å². The van der Waals surface area contributed by atoms with Crippen molar-refractivity contribution in [3.63, 3.8) is 0 Å². The number of alkyl halides is 4. The Balaban J connectivity index is 1.52. The van der Waals surface area contributed by atoms with Crippen LogP contribution in [0.25, 0.3) is 0 Å². The summed E-state index contributed by atoms with van der Waals surface area (Å²) in [6, 6.07) is 3.54. The minimum atomic E-state index is -4.52. The van der Waals surface area contributed by atoms with E-state index in [0.29, 0.717) is 37.2 Å². The number of anilines is 1. The van der Waals surface area contributed by atoms with E-state index in [1.807, 2.05) is 37.2 Å². The Kier molecular flexibility index (Phi) is 8.17. The van der Waals surface area contributed by atoms with Gasteiger partial charge in [-0.25, -0.2) is 4.39 Å². The lowest BCUT2D eigenvalue weighted by Gasteiger charge is -2.37. The fourth-order valence-corrected chi connectivity index (χ4v) is 5.10. The van der Waals surface area contributed by atoms with Gasteiger partial charge in [-0.1, -0.05) is 30.9 Å². The molecule has 0 amide bonds. The summed E-state index contributed by atoms with van der Waals surface area (Å²) in [6.45, 7) is 6.79. The van der Waals surface area contributed by atoms with E-state index in [9.17, 15) is 17.6 Å². The number of fused-ring (bicyclic) bond motifs is 1. The molecule has 4 rings (SSSR count). The van der Waals surface area contributed by atoms with E-state index in [1.54, 1.807) is 12.1 Å². The molecule has 3 heterocycles. The van der Waals surface area contributed by atoms with Crippen LogP contribution in [-0.4, -0.2) is 87.3 Å². The van der Waals surface area contributed by atoms with E-state index in [2.05, 4.69) is 32.7 Å². The lowest BCUT2D eigenvalue weighted by atomic mass is 9.85. The Labute approximate surface area is 204 Å². The van der Waals surface area contributed by atoms with E-state index in [4.69, 9.17) is 0 Å². The van der Waals surface area contributed by atoms with E-state index in [-0.39, 0.29) is 18.2 Å². The molecule has 5 atom stereocenters. The number of likely N-dealkylation sites (tertiary alicyclic amines) is 1. The second-order valence-corrected chi connectivity index (χ2v) is 9.91. The lowest BCUT2D eigenvalue weighted by Crippen LogP contribution is -2.47. The fourth-order valence-electron chi connectivity index (χ4n) is 5.10. The maximum Gasteiger partial charge on any atom is 0.413 e. The predicted octanol–water partition coefficient (Wildman–Crippen LogP) is 2.78. The molecule has 4 N–H and O–H groups in total. The van der Waals surface area contributed by atoms with Crippen LogP contribution in [0, 0.1) is 0 Å². The van der Waals surface area contributed by atoms with Crippen molar-refractivity contribution in [1.82, 2.24) is 25.8 Å². The summed E-state index contributed by atoms with van der Waals surface area (Å²) in [6.07, 6.45) is -0.388. The number of rotatable bonds is 7. The normalized spacial score (nSPS) is 30.5. The Morgan fingerprint density at radius 2 is 2.03 bits per heavy atom. The maximum absolute atomic E-state index is 14.7. The first-order valence-electron chi connectivity index (χ1n) is 12.2. The molecule has 10 heteroatoms. The summed E-state index contributed by atoms with van der Waals surface area (Å²) >= 11 is 0. The Hall–Kier alpha value is -1.98. The lowest BCUT2D eigenvalue weighted by molar-refractivity contribution is -0.0968. The van der Waals surface area contributed by atoms with Crippen LogP contribution in [0.1, 0.15) is 23.6 Å². The van der Waals surface area contributed by atoms with Crippen molar-refractivity contribution in [1.29, 1.82) is 0 Å². The summed E-state index contributed by atoms with van der Waals surface area (Å²) in [4.78, 5) is 4.11. The van der Waals surface area contributed by atoms with Crippen molar-refractivity contribution in [3.8, 4) is 0 Å². The largest absolute Gasteiger partial charge is 0.413 e. The zero-order valence-corrected chi connectivity index (χ0v) is 20.3. The Morgan fingerprint density at radius 3 is 2.71 bits per heavy atom. The first-order valence-corrected chi connectivity index (χ1v) is 12.2. The highest BCUT2D eigenvalue weighted by Crippen LogP contribution is 2.40. The zero-order chi connectivity index (χ0) is 25.2. The molecule has 3 aliphatic rings. The van der Waals surface area contributed by atoms with Crippen molar-refractivity contribution in [2.75, 3.05) is 52.3 Å². The molecule has 0 spiro atoms. The molecule has 1 aromatic carbocycles. The second kappa shape index (κ2) is 11.0. The SMILES string of the molecule is C=C(C1NC(/C=C/CNC2CN(C)CN2)Cc2c(N[C@@H]3CCN(C)C[C@@H]3F)cccc21)C(F)(F)F. The van der Waals surface area contributed by atoms with Crippen molar-refractivity contribution >= 4 is 5.69 Å². The van der Waals surface area contributed by atoms with Crippen LogP contribution in [0.4, 0.5) is 23.2 Å². The van der Waals surface area contributed by atoms with Gasteiger partial charge in [0.1, 0.15) is 6.17 Å². The highest BCUT2D eigenvalue weighted by molar-refractivity contribution is 5.59. The van der Waals surface area contributed by atoms with Gasteiger partial charge in [0.05, 0.1) is 18.2 Å². The van der Waals surface area contributed by atoms with Crippen LogP contribution < -0.4 is 21.3 Å². The van der Waals surface area contributed by atoms with Crippen molar-refractivity contribution in [2.45, 2.75) is 49.5 Å². The van der Waals surface area contributed by atoms with E-state index in [0.717, 1.165) is 25.3 Å². The van der Waals surface area contributed by atoms with Gasteiger partial charge >= 0.3 is 6.18 Å². The van der Waals surface area contributed by atoms with Crippen LogP contribution >= 0.6 is 0 Å². The predicted molar refractivity (Wildman–Crippen MR) is 131 cm³/mol. The number of hydrogen-bond donors (Lipinski definition) is 4. The molecule has 2 saturated heterocycles. The number of nitrogens with zero attached hydrogens (tertiary/aromatic N) is 2. The highest BCUT2D eigenvalue weighted by Gasteiger charge is 2.41. The molecule has 2 fully saturated rings. The van der Waals surface area contributed by atoms with Crippen LogP contribution in [0.3, 0.4) is 0 Å². The Morgan fingerprint density at radius 1 is 1.23 bits per heavy atom. The molecule has 3 unspecified atom stereocenters. The quantitative estimate of drug-likeness (QED) is 0.344. The summed E-state index contributed by atoms with van der Waals surface area (Å²) in [5.41, 5.74) is 1.21. The number of likely N-dealkylation sites (N-methyl/N-ethyl adjacent to an activating group) is 1. The van der Waals surface area contributed by atoms with E-state index >= 15 is 0 Å². The molecule has 0 aromatic heterocycles. The van der Waals surface area contributed by atoms with Gasteiger partial charge < -0.3 is 10.2 Å². The molecule has 0 bridgehead atoms. The van der Waals surface area contributed by atoms with Gasteiger partial charge in [-0.3, -0.25) is 20.9 Å². The minimum absolute atomic E-state index is 0.182. The molecule has 0 aliphatic carbocycles. The number of halogens is 4. The topological polar surface area (TPSA) is 54.6 Å². The monoisotopic (exact) mass is 496 g/mol. The van der Waals surface area contributed by atoms with Gasteiger partial charge in [-0.05, 0) is 44.1 Å². The zero-order valence-electron chi connectivity index (χ0n) is 20.3. The molecular weight excluding hydrogens is 460 g/mol. The summed E-state index contributed by atoms with van der Waals surface area (Å²) in [7, 11) is 3.92. The van der Waals surface area contributed by atoms with Gasteiger partial charge in [0.15, 0.2) is 0 Å². The first-order chi connectivity index (χ1) is 16.6. The van der Waals surface area contributed by atoms with Crippen LogP contribution in [0.15, 0.2) is 42.5 Å². The van der Waals surface area contributed by atoms with Crippen molar-refractivity contribution < 1.29 is 17.6 Å². The Bertz CT molecular complexity index is 920. The standard InChI is InChI=1S/C25H36F4N6/c1-16(25(27,28)29)24-18-7-4-8-21(33-22-9-11-34(2)13-20(22)26)19(18)12-17(32-24)6-5-10-30-23-14-35(3)15-31-23/h4-8,17,20,22-24,30-33H,1,9-15H2,2-3H3/b6-5+/t17?,20-,22+,23?,24?/m0/s1. The van der Waals surface area contributed by atoms with Crippen LogP contribution in [0.2, 0.25) is 0 Å². The maximum atomic E-state index is 14.7.